The third-order valence-electron chi connectivity index (χ3n) is 5.90. The quantitative estimate of drug-likeness (QED) is 0.342. The maximum Gasteiger partial charge on any atom is 0.194 e. The number of rotatable bonds is 13. The van der Waals surface area contributed by atoms with Crippen molar-refractivity contribution in [3.8, 4) is 5.75 Å². The number of aliphatic hydroxyl groups excluding tert-OH is 1. The Morgan fingerprint density at radius 3 is 2.28 bits per heavy atom. The molecule has 1 N–H and O–H groups in total. The summed E-state index contributed by atoms with van der Waals surface area (Å²) in [6.45, 7) is 14.8. The van der Waals surface area contributed by atoms with Gasteiger partial charge in [0.15, 0.2) is 5.12 Å². The summed E-state index contributed by atoms with van der Waals surface area (Å²) in [4.78, 5) is 12.1. The number of thioether (sulfide) groups is 1. The fourth-order valence-electron chi connectivity index (χ4n) is 3.78. The van der Waals surface area contributed by atoms with Crippen molar-refractivity contribution in [3.05, 3.63) is 53.1 Å². The number of hydrogen-bond donors (Lipinski definition) is 1. The molecule has 0 unspecified atom stereocenters. The summed E-state index contributed by atoms with van der Waals surface area (Å²) < 4.78 is 11.6. The number of methoxy groups -OCH3 is 1. The van der Waals surface area contributed by atoms with E-state index in [0.717, 1.165) is 34.6 Å². The monoisotopic (exact) mass is 462 g/mol. The topological polar surface area (TPSA) is 55.8 Å². The second kappa shape index (κ2) is 14.6. The van der Waals surface area contributed by atoms with Gasteiger partial charge in [-0.25, -0.2) is 0 Å². The van der Waals surface area contributed by atoms with Gasteiger partial charge in [-0.2, -0.15) is 0 Å². The fourth-order valence-corrected chi connectivity index (χ4v) is 4.46. The van der Waals surface area contributed by atoms with Crippen LogP contribution in [0.2, 0.25) is 0 Å². The molecule has 1 rings (SSSR count). The SMILES string of the molecule is CCSC(=O)[C@@H](C)[C@H](O)/C(C)=C/C(C)=C/[C@H](C)[C@H](OCc1ccc(OC)cc1)[C@@H](C)CC. The van der Waals surface area contributed by atoms with Crippen molar-refractivity contribution in [2.45, 2.75) is 73.7 Å². The molecule has 0 heterocycles. The largest absolute Gasteiger partial charge is 0.497 e. The fraction of sp³-hybridized carbons (Fsp3) is 0.593. The molecule has 5 atom stereocenters. The molecule has 5 heteroatoms. The molecule has 0 fully saturated rings. The van der Waals surface area contributed by atoms with Gasteiger partial charge < -0.3 is 14.6 Å². The number of ether oxygens (including phenoxy) is 2. The normalized spacial score (nSPS) is 17.4. The van der Waals surface area contributed by atoms with Gasteiger partial charge in [-0.3, -0.25) is 4.79 Å². The smallest absolute Gasteiger partial charge is 0.194 e. The van der Waals surface area contributed by atoms with E-state index in [1.807, 2.05) is 51.1 Å². The molecular formula is C27H42O4S. The van der Waals surface area contributed by atoms with E-state index in [9.17, 15) is 9.90 Å². The van der Waals surface area contributed by atoms with Crippen LogP contribution in [0.5, 0.6) is 5.75 Å². The van der Waals surface area contributed by atoms with E-state index in [0.29, 0.717) is 12.5 Å². The zero-order chi connectivity index (χ0) is 24.3. The number of carbonyl (C=O) groups excluding carboxylic acids is 1. The van der Waals surface area contributed by atoms with Crippen LogP contribution in [0.15, 0.2) is 47.6 Å². The lowest BCUT2D eigenvalue weighted by Crippen LogP contribution is -2.28. The Bertz CT molecular complexity index is 753. The van der Waals surface area contributed by atoms with Crippen LogP contribution in [0, 0.1) is 17.8 Å². The van der Waals surface area contributed by atoms with Crippen LogP contribution in [-0.2, 0) is 16.1 Å². The van der Waals surface area contributed by atoms with Crippen LogP contribution in [0.4, 0.5) is 0 Å². The number of hydrogen-bond acceptors (Lipinski definition) is 5. The number of aliphatic hydroxyl groups is 1. The van der Waals surface area contributed by atoms with Crippen LogP contribution in [0.25, 0.3) is 0 Å². The summed E-state index contributed by atoms with van der Waals surface area (Å²) >= 11 is 1.27. The molecule has 0 spiro atoms. The molecule has 0 aliphatic heterocycles. The van der Waals surface area contributed by atoms with E-state index in [2.05, 4.69) is 26.8 Å². The summed E-state index contributed by atoms with van der Waals surface area (Å²) in [6.07, 6.45) is 4.54. The Hall–Kier alpha value is -1.56. The van der Waals surface area contributed by atoms with Crippen molar-refractivity contribution < 1.29 is 19.4 Å². The minimum absolute atomic E-state index is 0.0338. The van der Waals surface area contributed by atoms with Gasteiger partial charge in [-0.05, 0) is 48.8 Å². The van der Waals surface area contributed by atoms with Crippen LogP contribution < -0.4 is 4.74 Å². The van der Waals surface area contributed by atoms with E-state index in [1.54, 1.807) is 14.0 Å². The lowest BCUT2D eigenvalue weighted by atomic mass is 9.89. The van der Waals surface area contributed by atoms with Crippen molar-refractivity contribution in [3.63, 3.8) is 0 Å². The van der Waals surface area contributed by atoms with Gasteiger partial charge in [0, 0.05) is 5.92 Å². The molecule has 1 aromatic rings. The average Bonchev–Trinajstić information content (AvgIpc) is 2.78. The molecule has 4 nitrogen and oxygen atoms in total. The van der Waals surface area contributed by atoms with Crippen LogP contribution in [0.3, 0.4) is 0 Å². The zero-order valence-electron chi connectivity index (χ0n) is 21.1. The van der Waals surface area contributed by atoms with E-state index in [1.165, 1.54) is 11.8 Å². The first kappa shape index (κ1) is 28.5. The summed E-state index contributed by atoms with van der Waals surface area (Å²) in [5.41, 5.74) is 3.00. The number of carbonyl (C=O) groups is 1. The van der Waals surface area contributed by atoms with Gasteiger partial charge >= 0.3 is 0 Å². The second-order valence-electron chi connectivity index (χ2n) is 8.65. The average molecular weight is 463 g/mol. The van der Waals surface area contributed by atoms with Crippen molar-refractivity contribution in [1.29, 1.82) is 0 Å². The predicted molar refractivity (Wildman–Crippen MR) is 136 cm³/mol. The molecule has 0 amide bonds. The van der Waals surface area contributed by atoms with E-state index >= 15 is 0 Å². The molecule has 180 valence electrons. The van der Waals surface area contributed by atoms with Gasteiger partial charge in [0.2, 0.25) is 0 Å². The highest BCUT2D eigenvalue weighted by molar-refractivity contribution is 8.13. The maximum absolute atomic E-state index is 12.1. The number of allylic oxidation sites excluding steroid dienone is 2. The molecule has 0 bridgehead atoms. The van der Waals surface area contributed by atoms with Crippen LogP contribution >= 0.6 is 11.8 Å². The Kier molecular flexibility index (Phi) is 13.0. The lowest BCUT2D eigenvalue weighted by Gasteiger charge is -2.28. The highest BCUT2D eigenvalue weighted by Crippen LogP contribution is 2.25. The Morgan fingerprint density at radius 2 is 1.75 bits per heavy atom. The minimum atomic E-state index is -0.767. The summed E-state index contributed by atoms with van der Waals surface area (Å²) in [6, 6.07) is 7.97. The standard InChI is InChI=1S/C27H42O4S/c1-9-19(4)26(31-17-23-11-13-24(30-8)14-12-23)21(6)16-18(3)15-20(5)25(28)22(7)27(29)32-10-2/h11-16,19,21-22,25-26,28H,9-10,17H2,1-8H3/b18-16+,20-15+/t19-,21-,22-,25+,26+/m0/s1. The van der Waals surface area contributed by atoms with Gasteiger partial charge in [0.25, 0.3) is 0 Å². The molecule has 32 heavy (non-hydrogen) atoms. The molecule has 0 aliphatic rings. The lowest BCUT2D eigenvalue weighted by molar-refractivity contribution is -0.116. The third kappa shape index (κ3) is 9.13. The molecule has 1 aromatic carbocycles. The van der Waals surface area contributed by atoms with Crippen molar-refractivity contribution >= 4 is 16.9 Å². The van der Waals surface area contributed by atoms with E-state index in [-0.39, 0.29) is 17.1 Å². The maximum atomic E-state index is 12.1. The van der Waals surface area contributed by atoms with Crippen molar-refractivity contribution in [1.82, 2.24) is 0 Å². The molecule has 0 saturated heterocycles. The van der Waals surface area contributed by atoms with Gasteiger partial charge in [-0.15, -0.1) is 0 Å². The Morgan fingerprint density at radius 1 is 1.12 bits per heavy atom. The second-order valence-corrected chi connectivity index (χ2v) is 9.92. The molecule has 0 aliphatic carbocycles. The first-order chi connectivity index (χ1) is 15.1. The van der Waals surface area contributed by atoms with Crippen molar-refractivity contribution in [2.24, 2.45) is 17.8 Å². The molecule has 0 aromatic heterocycles. The minimum Gasteiger partial charge on any atom is -0.497 e. The zero-order valence-corrected chi connectivity index (χ0v) is 21.9. The molecule has 0 radical (unpaired) electrons. The Labute approximate surface area is 199 Å². The highest BCUT2D eigenvalue weighted by atomic mass is 32.2. The van der Waals surface area contributed by atoms with Gasteiger partial charge in [0.1, 0.15) is 5.75 Å². The summed E-state index contributed by atoms with van der Waals surface area (Å²) in [7, 11) is 1.67. The first-order valence-electron chi connectivity index (χ1n) is 11.6. The predicted octanol–water partition coefficient (Wildman–Crippen LogP) is 6.43. The van der Waals surface area contributed by atoms with Gasteiger partial charge in [-0.1, -0.05) is 82.7 Å². The van der Waals surface area contributed by atoms with E-state index < -0.39 is 12.0 Å². The molecular weight excluding hydrogens is 420 g/mol. The summed E-state index contributed by atoms with van der Waals surface area (Å²) in [5.74, 6) is 1.77. The Balaban J connectivity index is 2.88. The highest BCUT2D eigenvalue weighted by Gasteiger charge is 2.24. The van der Waals surface area contributed by atoms with E-state index in [4.69, 9.17) is 9.47 Å². The van der Waals surface area contributed by atoms with Crippen LogP contribution in [-0.4, -0.2) is 35.3 Å². The first-order valence-corrected chi connectivity index (χ1v) is 12.6. The number of benzene rings is 1. The summed E-state index contributed by atoms with van der Waals surface area (Å²) in [5, 5.41) is 10.6. The molecule has 0 saturated carbocycles. The van der Waals surface area contributed by atoms with Crippen molar-refractivity contribution in [2.75, 3.05) is 12.9 Å². The van der Waals surface area contributed by atoms with Crippen LogP contribution in [0.1, 0.15) is 60.5 Å². The van der Waals surface area contributed by atoms with Gasteiger partial charge in [0.05, 0.1) is 31.8 Å². The third-order valence-corrected chi connectivity index (χ3v) is 6.85.